The molecule has 1 heterocycles. The van der Waals surface area contributed by atoms with Crippen LogP contribution in [-0.4, -0.2) is 25.6 Å². The van der Waals surface area contributed by atoms with Gasteiger partial charge in [-0.2, -0.15) is 0 Å². The van der Waals surface area contributed by atoms with Crippen LogP contribution in [0.5, 0.6) is 5.75 Å². The average Bonchev–Trinajstić information content (AvgIpc) is 2.48. The van der Waals surface area contributed by atoms with Crippen LogP contribution in [0.1, 0.15) is 37.8 Å². The Bertz CT molecular complexity index is 473. The lowest BCUT2D eigenvalue weighted by Crippen LogP contribution is -2.47. The number of benzene rings is 1. The number of methoxy groups -OCH3 is 1. The van der Waals surface area contributed by atoms with Crippen LogP contribution in [0.25, 0.3) is 0 Å². The molecule has 0 spiro atoms. The summed E-state index contributed by atoms with van der Waals surface area (Å²) in [5.74, 6) is -0.225. The second kappa shape index (κ2) is 6.70. The third-order valence-electron chi connectivity index (χ3n) is 3.66. The molecule has 2 rings (SSSR count). The lowest BCUT2D eigenvalue weighted by Gasteiger charge is -2.24. The molecule has 2 N–H and O–H groups in total. The topological polar surface area (TPSA) is 50.4 Å². The predicted octanol–water partition coefficient (Wildman–Crippen LogP) is 2.15. The molecular weight excluding hydrogens is 259 g/mol. The lowest BCUT2D eigenvalue weighted by molar-refractivity contribution is -0.124. The molecule has 1 fully saturated rings. The van der Waals surface area contributed by atoms with Gasteiger partial charge in [-0.15, -0.1) is 0 Å². The maximum absolute atomic E-state index is 13.7. The number of hydrogen-bond donors (Lipinski definition) is 2. The van der Waals surface area contributed by atoms with E-state index in [1.54, 1.807) is 12.1 Å². The third-order valence-corrected chi connectivity index (χ3v) is 3.66. The molecule has 110 valence electrons. The summed E-state index contributed by atoms with van der Waals surface area (Å²) in [6.07, 6.45) is 3.04. The van der Waals surface area contributed by atoms with Crippen LogP contribution in [0.15, 0.2) is 18.2 Å². The zero-order valence-electron chi connectivity index (χ0n) is 11.9. The Balaban J connectivity index is 1.98. The molecule has 0 radical (unpaired) electrons. The SMILES string of the molecule is COc1ccc(C(C)NC(=O)C2CCCCN2)cc1F. The Hall–Kier alpha value is -1.62. The van der Waals surface area contributed by atoms with E-state index in [0.29, 0.717) is 0 Å². The number of nitrogens with one attached hydrogen (secondary N) is 2. The van der Waals surface area contributed by atoms with Gasteiger partial charge in [0.15, 0.2) is 11.6 Å². The lowest BCUT2D eigenvalue weighted by atomic mass is 10.0. The summed E-state index contributed by atoms with van der Waals surface area (Å²) >= 11 is 0. The first-order chi connectivity index (χ1) is 9.61. The summed E-state index contributed by atoms with van der Waals surface area (Å²) in [5, 5.41) is 6.12. The van der Waals surface area contributed by atoms with E-state index in [0.717, 1.165) is 31.4 Å². The van der Waals surface area contributed by atoms with E-state index < -0.39 is 5.82 Å². The monoisotopic (exact) mass is 280 g/mol. The highest BCUT2D eigenvalue weighted by Crippen LogP contribution is 2.22. The predicted molar refractivity (Wildman–Crippen MR) is 75.2 cm³/mol. The minimum absolute atomic E-state index is 0.0200. The van der Waals surface area contributed by atoms with Crippen LogP contribution in [0.4, 0.5) is 4.39 Å². The molecule has 20 heavy (non-hydrogen) atoms. The molecule has 4 nitrogen and oxygen atoms in total. The molecule has 2 unspecified atom stereocenters. The van der Waals surface area contributed by atoms with Crippen molar-refractivity contribution in [3.63, 3.8) is 0 Å². The normalized spacial score (nSPS) is 20.2. The maximum atomic E-state index is 13.7. The fourth-order valence-corrected chi connectivity index (χ4v) is 2.42. The van der Waals surface area contributed by atoms with Gasteiger partial charge in [0.25, 0.3) is 0 Å². The van der Waals surface area contributed by atoms with Gasteiger partial charge in [-0.25, -0.2) is 4.39 Å². The summed E-state index contributed by atoms with van der Waals surface area (Å²) in [6, 6.07) is 4.38. The minimum Gasteiger partial charge on any atom is -0.494 e. The first-order valence-corrected chi connectivity index (χ1v) is 6.99. The van der Waals surface area contributed by atoms with Crippen molar-refractivity contribution in [1.29, 1.82) is 0 Å². The Labute approximate surface area is 118 Å². The van der Waals surface area contributed by atoms with Crippen LogP contribution in [0.2, 0.25) is 0 Å². The smallest absolute Gasteiger partial charge is 0.237 e. The van der Waals surface area contributed by atoms with Gasteiger partial charge < -0.3 is 15.4 Å². The first kappa shape index (κ1) is 14.8. The highest BCUT2D eigenvalue weighted by molar-refractivity contribution is 5.82. The van der Waals surface area contributed by atoms with Gasteiger partial charge in [-0.3, -0.25) is 4.79 Å². The molecule has 1 aliphatic heterocycles. The van der Waals surface area contributed by atoms with Crippen molar-refractivity contribution in [2.75, 3.05) is 13.7 Å². The van der Waals surface area contributed by atoms with Gasteiger partial charge in [0.05, 0.1) is 19.2 Å². The van der Waals surface area contributed by atoms with Crippen molar-refractivity contribution in [3.05, 3.63) is 29.6 Å². The first-order valence-electron chi connectivity index (χ1n) is 6.99. The average molecular weight is 280 g/mol. The van der Waals surface area contributed by atoms with Gasteiger partial charge >= 0.3 is 0 Å². The van der Waals surface area contributed by atoms with Crippen molar-refractivity contribution < 1.29 is 13.9 Å². The molecule has 1 aromatic rings. The van der Waals surface area contributed by atoms with Crippen molar-refractivity contribution in [2.24, 2.45) is 0 Å². The van der Waals surface area contributed by atoms with Gasteiger partial charge in [0.2, 0.25) is 5.91 Å². The number of ether oxygens (including phenoxy) is 1. The highest BCUT2D eigenvalue weighted by Gasteiger charge is 2.22. The number of piperidine rings is 1. The number of carbonyl (C=O) groups is 1. The minimum atomic E-state index is -0.415. The van der Waals surface area contributed by atoms with Crippen LogP contribution >= 0.6 is 0 Å². The number of rotatable bonds is 4. The van der Waals surface area contributed by atoms with Crippen molar-refractivity contribution in [1.82, 2.24) is 10.6 Å². The van der Waals surface area contributed by atoms with E-state index in [1.807, 2.05) is 6.92 Å². The van der Waals surface area contributed by atoms with E-state index in [-0.39, 0.29) is 23.7 Å². The standard InChI is InChI=1S/C15H21FN2O2/c1-10(11-6-7-14(20-2)12(16)9-11)18-15(19)13-5-3-4-8-17-13/h6-7,9-10,13,17H,3-5,8H2,1-2H3,(H,18,19). The quantitative estimate of drug-likeness (QED) is 0.888. The molecular formula is C15H21FN2O2. The summed E-state index contributed by atoms with van der Waals surface area (Å²) in [5.41, 5.74) is 0.729. The highest BCUT2D eigenvalue weighted by atomic mass is 19.1. The summed E-state index contributed by atoms with van der Waals surface area (Å²) in [7, 11) is 1.43. The zero-order valence-corrected chi connectivity index (χ0v) is 11.9. The van der Waals surface area contributed by atoms with Crippen molar-refractivity contribution in [3.8, 4) is 5.75 Å². The number of amides is 1. The van der Waals surface area contributed by atoms with E-state index in [9.17, 15) is 9.18 Å². The maximum Gasteiger partial charge on any atom is 0.237 e. The Morgan fingerprint density at radius 1 is 1.50 bits per heavy atom. The molecule has 1 aliphatic rings. The Morgan fingerprint density at radius 2 is 2.30 bits per heavy atom. The Morgan fingerprint density at radius 3 is 2.90 bits per heavy atom. The van der Waals surface area contributed by atoms with Gasteiger partial charge in [-0.1, -0.05) is 12.5 Å². The van der Waals surface area contributed by atoms with Gasteiger partial charge in [-0.05, 0) is 44.0 Å². The number of carbonyl (C=O) groups excluding carboxylic acids is 1. The van der Waals surface area contributed by atoms with Gasteiger partial charge in [0, 0.05) is 0 Å². The molecule has 1 aromatic carbocycles. The van der Waals surface area contributed by atoms with Crippen molar-refractivity contribution >= 4 is 5.91 Å². The third kappa shape index (κ3) is 3.48. The van der Waals surface area contributed by atoms with Gasteiger partial charge in [0.1, 0.15) is 0 Å². The second-order valence-electron chi connectivity index (χ2n) is 5.13. The van der Waals surface area contributed by atoms with E-state index in [1.165, 1.54) is 13.2 Å². The zero-order chi connectivity index (χ0) is 14.5. The molecule has 0 aliphatic carbocycles. The van der Waals surface area contributed by atoms with Crippen LogP contribution < -0.4 is 15.4 Å². The fourth-order valence-electron chi connectivity index (χ4n) is 2.42. The summed E-state index contributed by atoms with van der Waals surface area (Å²) < 4.78 is 18.5. The number of hydrogen-bond acceptors (Lipinski definition) is 3. The van der Waals surface area contributed by atoms with Crippen LogP contribution in [-0.2, 0) is 4.79 Å². The molecule has 2 atom stereocenters. The second-order valence-corrected chi connectivity index (χ2v) is 5.13. The molecule has 0 aromatic heterocycles. The van der Waals surface area contributed by atoms with E-state index in [4.69, 9.17) is 4.74 Å². The largest absolute Gasteiger partial charge is 0.494 e. The van der Waals surface area contributed by atoms with E-state index in [2.05, 4.69) is 10.6 Å². The van der Waals surface area contributed by atoms with Crippen LogP contribution in [0, 0.1) is 5.82 Å². The summed E-state index contributed by atoms with van der Waals surface area (Å²) in [4.78, 5) is 12.1. The molecule has 0 saturated carbocycles. The molecule has 1 amide bonds. The summed E-state index contributed by atoms with van der Waals surface area (Å²) in [6.45, 7) is 2.73. The Kier molecular flexibility index (Phi) is 4.95. The fraction of sp³-hybridized carbons (Fsp3) is 0.533. The van der Waals surface area contributed by atoms with Crippen LogP contribution in [0.3, 0.4) is 0 Å². The molecule has 0 bridgehead atoms. The molecule has 1 saturated heterocycles. The number of halogens is 1. The van der Waals surface area contributed by atoms with Crippen molar-refractivity contribution in [2.45, 2.75) is 38.3 Å². The molecule has 5 heteroatoms. The van der Waals surface area contributed by atoms with E-state index >= 15 is 0 Å².